The molecule has 3 aliphatic heterocycles. The lowest BCUT2D eigenvalue weighted by molar-refractivity contribution is -0.176. The Kier molecular flexibility index (Phi) is 5.30. The summed E-state index contributed by atoms with van der Waals surface area (Å²) in [7, 11) is 0. The van der Waals surface area contributed by atoms with Gasteiger partial charge in [-0.05, 0) is 49.9 Å². The van der Waals surface area contributed by atoms with E-state index < -0.39 is 12.1 Å². The topological polar surface area (TPSA) is 64.6 Å². The van der Waals surface area contributed by atoms with Gasteiger partial charge < -0.3 is 9.80 Å². The van der Waals surface area contributed by atoms with E-state index >= 15 is 0 Å². The zero-order chi connectivity index (χ0) is 22.3. The van der Waals surface area contributed by atoms with Crippen LogP contribution in [0.5, 0.6) is 0 Å². The minimum atomic E-state index is -4.22. The van der Waals surface area contributed by atoms with Crippen molar-refractivity contribution in [3.63, 3.8) is 0 Å². The van der Waals surface area contributed by atoms with Crippen LogP contribution >= 0.6 is 0 Å². The van der Waals surface area contributed by atoms with Crippen LogP contribution < -0.4 is 20.0 Å². The van der Waals surface area contributed by atoms with Crippen LogP contribution in [0.4, 0.5) is 41.1 Å². The first kappa shape index (κ1) is 20.8. The van der Waals surface area contributed by atoms with Crippen molar-refractivity contribution in [2.75, 3.05) is 46.2 Å². The van der Waals surface area contributed by atoms with Crippen LogP contribution in [-0.2, 0) is 0 Å². The van der Waals surface area contributed by atoms with E-state index in [-0.39, 0.29) is 25.0 Å². The Bertz CT molecular complexity index is 985. The van der Waals surface area contributed by atoms with Gasteiger partial charge in [0.2, 0.25) is 0 Å². The largest absolute Gasteiger partial charge is 0.393 e. The Morgan fingerprint density at radius 3 is 2.62 bits per heavy atom. The van der Waals surface area contributed by atoms with Crippen molar-refractivity contribution in [2.45, 2.75) is 37.9 Å². The third kappa shape index (κ3) is 3.93. The lowest BCUT2D eigenvalue weighted by Gasteiger charge is -2.46. The Morgan fingerprint density at radius 1 is 1.03 bits per heavy atom. The summed E-state index contributed by atoms with van der Waals surface area (Å²) in [5.74, 6) is 0.0637. The maximum Gasteiger partial charge on any atom is 0.393 e. The van der Waals surface area contributed by atoms with Gasteiger partial charge in [-0.1, -0.05) is 6.07 Å². The van der Waals surface area contributed by atoms with Gasteiger partial charge in [-0.3, -0.25) is 10.2 Å². The van der Waals surface area contributed by atoms with Crippen molar-refractivity contribution in [3.05, 3.63) is 36.5 Å². The average Bonchev–Trinajstić information content (AvgIpc) is 2.79. The van der Waals surface area contributed by atoms with Crippen LogP contribution in [0, 0.1) is 5.92 Å². The quantitative estimate of drug-likeness (QED) is 0.746. The van der Waals surface area contributed by atoms with Gasteiger partial charge in [-0.25, -0.2) is 14.8 Å². The molecule has 2 saturated heterocycles. The number of carbonyl (C=O) groups excluding carboxylic acids is 1. The van der Waals surface area contributed by atoms with E-state index in [0.717, 1.165) is 25.1 Å². The molecule has 3 aliphatic rings. The molecule has 0 saturated carbocycles. The van der Waals surface area contributed by atoms with Gasteiger partial charge in [-0.15, -0.1) is 0 Å². The number of amides is 2. The number of nitrogens with one attached hydrogen (secondary N) is 1. The number of rotatable bonds is 2. The highest BCUT2D eigenvalue weighted by molar-refractivity contribution is 6.04. The molecule has 5 heterocycles. The first-order valence-electron chi connectivity index (χ1n) is 11.0. The van der Waals surface area contributed by atoms with Crippen molar-refractivity contribution < 1.29 is 18.0 Å². The Morgan fingerprint density at radius 2 is 1.84 bits per heavy atom. The number of piperidine rings is 2. The number of hydrogen-bond acceptors (Lipinski definition) is 5. The molecule has 2 bridgehead atoms. The molecule has 10 heteroatoms. The third-order valence-corrected chi connectivity index (χ3v) is 6.50. The van der Waals surface area contributed by atoms with Crippen molar-refractivity contribution in [1.29, 1.82) is 0 Å². The fraction of sp³-hybridized carbons (Fsp3) is 0.500. The standard InChI is InChI=1S/C22H25F3N6O/c23-22(24,25)15-5-3-12-30(13-15)19-9-8-17-20(28-19)31(16-6-4-11-29(17)14-16)21(32)27-18-7-1-2-10-26-18/h1-2,7-10,15-16H,3-6,11-14H2,(H,26,27,32)/t15-,16+/m1/s1. The van der Waals surface area contributed by atoms with E-state index in [0.29, 0.717) is 37.0 Å². The molecule has 32 heavy (non-hydrogen) atoms. The number of alkyl halides is 3. The predicted octanol–water partition coefficient (Wildman–Crippen LogP) is 4.28. The fourth-order valence-corrected chi connectivity index (χ4v) is 4.91. The molecule has 7 nitrogen and oxygen atoms in total. The summed E-state index contributed by atoms with van der Waals surface area (Å²) < 4.78 is 39.9. The van der Waals surface area contributed by atoms with Gasteiger partial charge in [0.25, 0.3) is 0 Å². The predicted molar refractivity (Wildman–Crippen MR) is 116 cm³/mol. The number of urea groups is 1. The molecule has 2 fully saturated rings. The van der Waals surface area contributed by atoms with Gasteiger partial charge in [0.15, 0.2) is 5.82 Å². The molecule has 0 aliphatic carbocycles. The highest BCUT2D eigenvalue weighted by Gasteiger charge is 2.43. The summed E-state index contributed by atoms with van der Waals surface area (Å²) in [4.78, 5) is 27.7. The van der Waals surface area contributed by atoms with E-state index in [1.165, 1.54) is 0 Å². The fourth-order valence-electron chi connectivity index (χ4n) is 4.91. The molecule has 2 aromatic heterocycles. The number of pyridine rings is 2. The number of carbonyl (C=O) groups is 1. The lowest BCUT2D eigenvalue weighted by Crippen LogP contribution is -2.56. The molecule has 2 amide bonds. The van der Waals surface area contributed by atoms with Crippen molar-refractivity contribution in [1.82, 2.24) is 9.97 Å². The number of aromatic nitrogens is 2. The lowest BCUT2D eigenvalue weighted by atomic mass is 9.97. The summed E-state index contributed by atoms with van der Waals surface area (Å²) in [6, 6.07) is 8.56. The molecular weight excluding hydrogens is 421 g/mol. The summed E-state index contributed by atoms with van der Waals surface area (Å²) in [6.45, 7) is 2.00. The number of hydrogen-bond donors (Lipinski definition) is 1. The van der Waals surface area contributed by atoms with Gasteiger partial charge in [0.05, 0.1) is 17.6 Å². The van der Waals surface area contributed by atoms with E-state index in [4.69, 9.17) is 4.98 Å². The molecule has 0 spiro atoms. The normalized spacial score (nSPS) is 23.0. The Hall–Kier alpha value is -3.04. The average molecular weight is 446 g/mol. The van der Waals surface area contributed by atoms with Crippen LogP contribution in [0.2, 0.25) is 0 Å². The van der Waals surface area contributed by atoms with Crippen molar-refractivity contribution in [2.24, 2.45) is 5.92 Å². The Balaban J connectivity index is 1.47. The van der Waals surface area contributed by atoms with E-state index in [1.807, 2.05) is 6.07 Å². The van der Waals surface area contributed by atoms with Crippen LogP contribution in [0.1, 0.15) is 25.7 Å². The highest BCUT2D eigenvalue weighted by atomic mass is 19.4. The minimum absolute atomic E-state index is 0.0491. The third-order valence-electron chi connectivity index (χ3n) is 6.50. The van der Waals surface area contributed by atoms with E-state index in [1.54, 1.807) is 40.3 Å². The minimum Gasteiger partial charge on any atom is -0.366 e. The molecule has 2 aromatic rings. The monoisotopic (exact) mass is 446 g/mol. The zero-order valence-electron chi connectivity index (χ0n) is 17.6. The molecule has 1 N–H and O–H groups in total. The Labute approximate surface area is 184 Å². The summed E-state index contributed by atoms with van der Waals surface area (Å²) in [5, 5.41) is 2.84. The molecule has 0 radical (unpaired) electrons. The van der Waals surface area contributed by atoms with Crippen LogP contribution in [0.15, 0.2) is 36.5 Å². The van der Waals surface area contributed by atoms with Gasteiger partial charge in [-0.2, -0.15) is 13.2 Å². The number of nitrogens with zero attached hydrogens (tertiary/aromatic N) is 5. The van der Waals surface area contributed by atoms with E-state index in [9.17, 15) is 18.0 Å². The van der Waals surface area contributed by atoms with E-state index in [2.05, 4.69) is 15.2 Å². The number of halogens is 3. The number of anilines is 4. The second kappa shape index (κ2) is 8.14. The van der Waals surface area contributed by atoms with Crippen LogP contribution in [-0.4, -0.2) is 54.4 Å². The zero-order valence-corrected chi connectivity index (χ0v) is 17.6. The van der Waals surface area contributed by atoms with Gasteiger partial charge in [0, 0.05) is 32.4 Å². The van der Waals surface area contributed by atoms with Crippen LogP contribution in [0.25, 0.3) is 0 Å². The summed E-state index contributed by atoms with van der Waals surface area (Å²) >= 11 is 0. The molecule has 2 atom stereocenters. The molecule has 170 valence electrons. The SMILES string of the molecule is O=C(Nc1ccccn1)N1c2nc(N3CCC[C@@H](C(F)(F)F)C3)ccc2N2CCC[C@H]1C2. The highest BCUT2D eigenvalue weighted by Crippen LogP contribution is 2.41. The molecule has 0 aromatic carbocycles. The van der Waals surface area contributed by atoms with Crippen molar-refractivity contribution >= 4 is 29.2 Å². The maximum absolute atomic E-state index is 13.3. The van der Waals surface area contributed by atoms with Gasteiger partial charge >= 0.3 is 12.2 Å². The first-order valence-corrected chi connectivity index (χ1v) is 11.0. The second-order valence-electron chi connectivity index (χ2n) is 8.60. The first-order chi connectivity index (χ1) is 15.4. The second-order valence-corrected chi connectivity index (χ2v) is 8.60. The maximum atomic E-state index is 13.3. The summed E-state index contributed by atoms with van der Waals surface area (Å²) in [5.41, 5.74) is 0.838. The molecule has 5 rings (SSSR count). The smallest absolute Gasteiger partial charge is 0.366 e. The van der Waals surface area contributed by atoms with Gasteiger partial charge in [0.1, 0.15) is 11.6 Å². The van der Waals surface area contributed by atoms with Crippen molar-refractivity contribution in [3.8, 4) is 0 Å². The summed E-state index contributed by atoms with van der Waals surface area (Å²) in [6.07, 6.45) is -0.215. The number of fused-ring (bicyclic) bond motifs is 4. The van der Waals surface area contributed by atoms with Crippen LogP contribution in [0.3, 0.4) is 0 Å². The molecule has 0 unspecified atom stereocenters. The molecular formula is C22H25F3N6O.